The summed E-state index contributed by atoms with van der Waals surface area (Å²) in [5.74, 6) is -0.909. The first kappa shape index (κ1) is 19.1. The van der Waals surface area contributed by atoms with E-state index in [0.717, 1.165) is 34.8 Å². The van der Waals surface area contributed by atoms with Gasteiger partial charge in [0.05, 0.1) is 19.8 Å². The van der Waals surface area contributed by atoms with Crippen molar-refractivity contribution in [3.63, 3.8) is 0 Å². The number of amides is 3. The molecule has 0 atom stereocenters. The summed E-state index contributed by atoms with van der Waals surface area (Å²) in [6.45, 7) is 5.03. The number of hydrogen-bond acceptors (Lipinski definition) is 4. The molecule has 150 valence electrons. The second-order valence-corrected chi connectivity index (χ2v) is 7.12. The van der Waals surface area contributed by atoms with Gasteiger partial charge in [0, 0.05) is 24.3 Å². The topological polar surface area (TPSA) is 61.9 Å². The lowest BCUT2D eigenvalue weighted by molar-refractivity contribution is -0.123. The normalized spacial score (nSPS) is 18.5. The lowest BCUT2D eigenvalue weighted by Gasteiger charge is -2.30. The SMILES string of the molecule is Cc1cc(/C=C2/NC(=O)N(Cc3ccccc3F)C2=O)ccc1N1CCOCC1. The molecule has 2 fully saturated rings. The van der Waals surface area contributed by atoms with Gasteiger partial charge in [-0.3, -0.25) is 9.69 Å². The van der Waals surface area contributed by atoms with Gasteiger partial charge in [0.1, 0.15) is 11.5 Å². The lowest BCUT2D eigenvalue weighted by Crippen LogP contribution is -2.36. The number of carbonyl (C=O) groups is 2. The number of imide groups is 1. The number of morpholine rings is 1. The summed E-state index contributed by atoms with van der Waals surface area (Å²) in [5, 5.41) is 2.59. The third-order valence-corrected chi connectivity index (χ3v) is 5.13. The first-order valence-corrected chi connectivity index (χ1v) is 9.54. The quantitative estimate of drug-likeness (QED) is 0.639. The molecule has 2 aromatic carbocycles. The summed E-state index contributed by atoms with van der Waals surface area (Å²) in [4.78, 5) is 28.2. The van der Waals surface area contributed by atoms with E-state index in [4.69, 9.17) is 4.74 Å². The van der Waals surface area contributed by atoms with Gasteiger partial charge in [0.15, 0.2) is 0 Å². The van der Waals surface area contributed by atoms with Gasteiger partial charge < -0.3 is 15.0 Å². The number of hydrogen-bond donors (Lipinski definition) is 1. The van der Waals surface area contributed by atoms with Crippen LogP contribution >= 0.6 is 0 Å². The molecule has 0 spiro atoms. The molecule has 0 aromatic heterocycles. The molecule has 0 bridgehead atoms. The van der Waals surface area contributed by atoms with E-state index in [9.17, 15) is 14.0 Å². The molecule has 2 aromatic rings. The molecule has 1 N–H and O–H groups in total. The van der Waals surface area contributed by atoms with E-state index in [0.29, 0.717) is 18.8 Å². The van der Waals surface area contributed by atoms with Gasteiger partial charge in [0.2, 0.25) is 0 Å². The first-order chi connectivity index (χ1) is 14.0. The molecular formula is C22H22FN3O3. The third-order valence-electron chi connectivity index (χ3n) is 5.13. The summed E-state index contributed by atoms with van der Waals surface area (Å²) in [5.41, 5.74) is 3.52. The Balaban J connectivity index is 1.52. The van der Waals surface area contributed by atoms with E-state index in [-0.39, 0.29) is 12.2 Å². The molecular weight excluding hydrogens is 373 g/mol. The number of nitrogens with one attached hydrogen (secondary N) is 1. The van der Waals surface area contributed by atoms with Gasteiger partial charge in [-0.1, -0.05) is 24.3 Å². The Labute approximate surface area is 168 Å². The lowest BCUT2D eigenvalue weighted by atomic mass is 10.1. The molecule has 6 nitrogen and oxygen atoms in total. The van der Waals surface area contributed by atoms with Gasteiger partial charge in [0.25, 0.3) is 5.91 Å². The van der Waals surface area contributed by atoms with Crippen LogP contribution < -0.4 is 10.2 Å². The zero-order valence-electron chi connectivity index (χ0n) is 16.2. The second-order valence-electron chi connectivity index (χ2n) is 7.12. The average Bonchev–Trinajstić information content (AvgIpc) is 2.98. The van der Waals surface area contributed by atoms with Crippen molar-refractivity contribution < 1.29 is 18.7 Å². The number of aryl methyl sites for hydroxylation is 1. The molecule has 2 heterocycles. The van der Waals surface area contributed by atoms with Crippen molar-refractivity contribution >= 4 is 23.7 Å². The monoisotopic (exact) mass is 395 g/mol. The molecule has 0 aliphatic carbocycles. The second kappa shape index (κ2) is 8.05. The maximum Gasteiger partial charge on any atom is 0.329 e. The predicted molar refractivity (Wildman–Crippen MR) is 108 cm³/mol. The van der Waals surface area contributed by atoms with Crippen LogP contribution in [0.2, 0.25) is 0 Å². The van der Waals surface area contributed by atoms with E-state index >= 15 is 0 Å². The Hall–Kier alpha value is -3.19. The first-order valence-electron chi connectivity index (χ1n) is 9.54. The highest BCUT2D eigenvalue weighted by atomic mass is 19.1. The zero-order chi connectivity index (χ0) is 20.4. The number of halogens is 1. The Kier molecular flexibility index (Phi) is 5.31. The molecule has 0 radical (unpaired) electrons. The number of nitrogens with zero attached hydrogens (tertiary/aromatic N) is 2. The maximum absolute atomic E-state index is 13.9. The molecule has 0 unspecified atom stereocenters. The number of benzene rings is 2. The minimum absolute atomic E-state index is 0.107. The van der Waals surface area contributed by atoms with E-state index in [2.05, 4.69) is 10.2 Å². The molecule has 3 amide bonds. The molecule has 2 aliphatic heterocycles. The van der Waals surface area contributed by atoms with Crippen molar-refractivity contribution in [2.24, 2.45) is 0 Å². The Bertz CT molecular complexity index is 983. The van der Waals surface area contributed by atoms with Crippen LogP contribution in [-0.4, -0.2) is 43.1 Å². The van der Waals surface area contributed by atoms with Crippen molar-refractivity contribution in [1.82, 2.24) is 10.2 Å². The molecule has 2 saturated heterocycles. The molecule has 29 heavy (non-hydrogen) atoms. The molecule has 4 rings (SSSR count). The summed E-state index contributed by atoms with van der Waals surface area (Å²) in [7, 11) is 0. The zero-order valence-corrected chi connectivity index (χ0v) is 16.2. The highest BCUT2D eigenvalue weighted by Gasteiger charge is 2.34. The van der Waals surface area contributed by atoms with Crippen LogP contribution in [0.25, 0.3) is 6.08 Å². The minimum atomic E-state index is -0.550. The summed E-state index contributed by atoms with van der Waals surface area (Å²) in [6, 6.07) is 11.5. The van der Waals surface area contributed by atoms with Crippen LogP contribution in [0.3, 0.4) is 0 Å². The van der Waals surface area contributed by atoms with Crippen molar-refractivity contribution in [1.29, 1.82) is 0 Å². The van der Waals surface area contributed by atoms with Crippen molar-refractivity contribution in [2.45, 2.75) is 13.5 Å². The fraction of sp³-hybridized carbons (Fsp3) is 0.273. The van der Waals surface area contributed by atoms with Gasteiger partial charge in [-0.25, -0.2) is 9.18 Å². The van der Waals surface area contributed by atoms with E-state index in [1.54, 1.807) is 24.3 Å². The number of anilines is 1. The summed E-state index contributed by atoms with van der Waals surface area (Å²) < 4.78 is 19.3. The van der Waals surface area contributed by atoms with Gasteiger partial charge in [-0.05, 0) is 42.3 Å². The fourth-order valence-electron chi connectivity index (χ4n) is 3.61. The van der Waals surface area contributed by atoms with Crippen LogP contribution in [0, 0.1) is 12.7 Å². The number of urea groups is 1. The van der Waals surface area contributed by atoms with E-state index in [1.807, 2.05) is 25.1 Å². The van der Waals surface area contributed by atoms with E-state index in [1.165, 1.54) is 6.07 Å². The van der Waals surface area contributed by atoms with Gasteiger partial charge in [-0.2, -0.15) is 0 Å². The third kappa shape index (κ3) is 4.00. The van der Waals surface area contributed by atoms with Crippen molar-refractivity contribution in [3.05, 3.63) is 70.7 Å². The van der Waals surface area contributed by atoms with Crippen LogP contribution in [0.15, 0.2) is 48.2 Å². The molecule has 7 heteroatoms. The standard InChI is InChI=1S/C22H22FN3O3/c1-15-12-16(6-7-20(15)25-8-10-29-11-9-25)13-19-21(27)26(22(28)24-19)14-17-4-2-3-5-18(17)23/h2-7,12-13H,8-11,14H2,1H3,(H,24,28)/b19-13+. The van der Waals surface area contributed by atoms with Crippen LogP contribution in [0.1, 0.15) is 16.7 Å². The van der Waals surface area contributed by atoms with E-state index < -0.39 is 17.8 Å². The molecule has 0 saturated carbocycles. The Morgan fingerprint density at radius 1 is 1.14 bits per heavy atom. The highest BCUT2D eigenvalue weighted by Crippen LogP contribution is 2.24. The smallest absolute Gasteiger partial charge is 0.329 e. The number of ether oxygens (including phenoxy) is 1. The van der Waals surface area contributed by atoms with Crippen molar-refractivity contribution in [2.75, 3.05) is 31.2 Å². The van der Waals surface area contributed by atoms with Crippen LogP contribution in [0.5, 0.6) is 0 Å². The molecule has 2 aliphatic rings. The highest BCUT2D eigenvalue weighted by molar-refractivity contribution is 6.13. The average molecular weight is 395 g/mol. The van der Waals surface area contributed by atoms with Gasteiger partial charge in [-0.15, -0.1) is 0 Å². The maximum atomic E-state index is 13.9. The Morgan fingerprint density at radius 3 is 2.62 bits per heavy atom. The predicted octanol–water partition coefficient (Wildman–Crippen LogP) is 3.06. The number of rotatable bonds is 4. The number of carbonyl (C=O) groups excluding carboxylic acids is 2. The van der Waals surface area contributed by atoms with Crippen LogP contribution in [-0.2, 0) is 16.1 Å². The largest absolute Gasteiger partial charge is 0.378 e. The van der Waals surface area contributed by atoms with Crippen molar-refractivity contribution in [3.8, 4) is 0 Å². The summed E-state index contributed by atoms with van der Waals surface area (Å²) >= 11 is 0. The summed E-state index contributed by atoms with van der Waals surface area (Å²) in [6.07, 6.45) is 1.65. The Morgan fingerprint density at radius 2 is 1.90 bits per heavy atom. The minimum Gasteiger partial charge on any atom is -0.378 e. The van der Waals surface area contributed by atoms with Crippen LogP contribution in [0.4, 0.5) is 14.9 Å². The fourth-order valence-corrected chi connectivity index (χ4v) is 3.61. The van der Waals surface area contributed by atoms with Gasteiger partial charge >= 0.3 is 6.03 Å².